The molecule has 2 heteroatoms. The summed E-state index contributed by atoms with van der Waals surface area (Å²) in [5, 5.41) is 0. The Balaban J connectivity index is 0.00000128. The van der Waals surface area contributed by atoms with Crippen LogP contribution in [0.5, 0.6) is 0 Å². The lowest BCUT2D eigenvalue weighted by atomic mass is 10.1. The van der Waals surface area contributed by atoms with E-state index in [1.807, 2.05) is 0 Å². The second-order valence-corrected chi connectivity index (χ2v) is 5.09. The van der Waals surface area contributed by atoms with Crippen LogP contribution in [0.4, 0.5) is 0 Å². The van der Waals surface area contributed by atoms with Crippen LogP contribution in [0.1, 0.15) is 24.8 Å². The molecule has 0 N–H and O–H groups in total. The van der Waals surface area contributed by atoms with Crippen molar-refractivity contribution < 1.29 is 28.5 Å². The van der Waals surface area contributed by atoms with Gasteiger partial charge in [0.25, 0.3) is 0 Å². The Morgan fingerprint density at radius 3 is 2.25 bits per heavy atom. The summed E-state index contributed by atoms with van der Waals surface area (Å²) in [6.45, 7) is 4.07. The summed E-state index contributed by atoms with van der Waals surface area (Å²) in [5.74, 6) is 0. The quantitative estimate of drug-likeness (QED) is 0.535. The van der Waals surface area contributed by atoms with Gasteiger partial charge in [0.15, 0.2) is 0 Å². The van der Waals surface area contributed by atoms with Gasteiger partial charge in [-0.2, -0.15) is 0 Å². The molecule has 0 aromatic heterocycles. The van der Waals surface area contributed by atoms with Crippen LogP contribution in [0, 0.1) is 0 Å². The van der Waals surface area contributed by atoms with Crippen LogP contribution < -0.4 is 24.0 Å². The molecule has 0 bridgehead atoms. The Labute approximate surface area is 116 Å². The number of likely N-dealkylation sites (N-methyl/N-ethyl adjacent to an activating group) is 1. The fourth-order valence-electron chi connectivity index (χ4n) is 2.54. The molecule has 1 aromatic carbocycles. The van der Waals surface area contributed by atoms with E-state index in [-0.39, 0.29) is 24.0 Å². The van der Waals surface area contributed by atoms with Gasteiger partial charge in [-0.05, 0) is 24.8 Å². The minimum Gasteiger partial charge on any atom is -1.00 e. The van der Waals surface area contributed by atoms with Gasteiger partial charge in [-0.1, -0.05) is 30.3 Å². The summed E-state index contributed by atoms with van der Waals surface area (Å²) in [7, 11) is 2.42. The molecule has 0 radical (unpaired) electrons. The van der Waals surface area contributed by atoms with Crippen LogP contribution in [0.15, 0.2) is 30.3 Å². The lowest BCUT2D eigenvalue weighted by Crippen LogP contribution is -3.00. The van der Waals surface area contributed by atoms with E-state index in [0.717, 1.165) is 0 Å². The van der Waals surface area contributed by atoms with Gasteiger partial charge < -0.3 is 28.5 Å². The minimum absolute atomic E-state index is 0. The molecule has 16 heavy (non-hydrogen) atoms. The Kier molecular flexibility index (Phi) is 5.76. The number of hydrogen-bond donors (Lipinski definition) is 0. The summed E-state index contributed by atoms with van der Waals surface area (Å²) >= 11 is 0. The van der Waals surface area contributed by atoms with Crippen LogP contribution in [0.3, 0.4) is 0 Å². The predicted octanol–water partition coefficient (Wildman–Crippen LogP) is -0.136. The highest BCUT2D eigenvalue weighted by atomic mass is 127. The van der Waals surface area contributed by atoms with Crippen molar-refractivity contribution >= 4 is 0 Å². The van der Waals surface area contributed by atoms with E-state index in [0.29, 0.717) is 0 Å². The van der Waals surface area contributed by atoms with Gasteiger partial charge >= 0.3 is 0 Å². The maximum absolute atomic E-state index is 2.42. The number of rotatable bonds is 3. The zero-order chi connectivity index (χ0) is 10.6. The average Bonchev–Trinajstić information content (AvgIpc) is 2.29. The zero-order valence-corrected chi connectivity index (χ0v) is 12.3. The number of piperidine rings is 1. The topological polar surface area (TPSA) is 0 Å². The van der Waals surface area contributed by atoms with E-state index in [1.54, 1.807) is 0 Å². The molecule has 0 unspecified atom stereocenters. The smallest absolute Gasteiger partial charge is 0.0825 e. The van der Waals surface area contributed by atoms with Gasteiger partial charge in [0.2, 0.25) is 0 Å². The van der Waals surface area contributed by atoms with Gasteiger partial charge in [0.05, 0.1) is 26.7 Å². The van der Waals surface area contributed by atoms with Gasteiger partial charge in [-0.3, -0.25) is 0 Å². The maximum Gasteiger partial charge on any atom is 0.0825 e. The van der Waals surface area contributed by atoms with Crippen molar-refractivity contribution in [2.24, 2.45) is 0 Å². The summed E-state index contributed by atoms with van der Waals surface area (Å²) < 4.78 is 1.29. The number of likely N-dealkylation sites (tertiary alicyclic amines) is 1. The van der Waals surface area contributed by atoms with Crippen molar-refractivity contribution in [3.8, 4) is 0 Å². The van der Waals surface area contributed by atoms with Gasteiger partial charge in [0.1, 0.15) is 0 Å². The first-order valence-corrected chi connectivity index (χ1v) is 6.16. The van der Waals surface area contributed by atoms with Crippen LogP contribution in [-0.4, -0.2) is 31.2 Å². The highest BCUT2D eigenvalue weighted by molar-refractivity contribution is 5.14. The molecular formula is C14H22IN. The van der Waals surface area contributed by atoms with Crippen LogP contribution in [-0.2, 0) is 6.42 Å². The monoisotopic (exact) mass is 331 g/mol. The van der Waals surface area contributed by atoms with E-state index in [1.165, 1.54) is 55.4 Å². The van der Waals surface area contributed by atoms with Gasteiger partial charge in [0, 0.05) is 6.42 Å². The maximum atomic E-state index is 2.42. The summed E-state index contributed by atoms with van der Waals surface area (Å²) in [5.41, 5.74) is 1.49. The van der Waals surface area contributed by atoms with Crippen molar-refractivity contribution in [1.82, 2.24) is 0 Å². The fourth-order valence-corrected chi connectivity index (χ4v) is 2.54. The first-order chi connectivity index (χ1) is 7.29. The molecule has 90 valence electrons. The molecule has 1 heterocycles. The third-order valence-electron chi connectivity index (χ3n) is 3.68. The van der Waals surface area contributed by atoms with E-state index in [9.17, 15) is 0 Å². The SMILES string of the molecule is C[N+]1(CCc2ccccc2)CCCCC1.[I-]. The number of halogens is 1. The molecule has 1 aliphatic rings. The summed E-state index contributed by atoms with van der Waals surface area (Å²) in [4.78, 5) is 0. The standard InChI is InChI=1S/C14H22N.HI/c1-15(11-6-3-7-12-15)13-10-14-8-4-2-5-9-14;/h2,4-5,8-9H,3,6-7,10-13H2,1H3;1H/q+1;/p-1. The highest BCUT2D eigenvalue weighted by Crippen LogP contribution is 2.17. The molecule has 0 spiro atoms. The average molecular weight is 331 g/mol. The Morgan fingerprint density at radius 2 is 1.62 bits per heavy atom. The second-order valence-electron chi connectivity index (χ2n) is 5.09. The normalized spacial score (nSPS) is 18.8. The summed E-state index contributed by atoms with van der Waals surface area (Å²) in [6, 6.07) is 10.9. The van der Waals surface area contributed by atoms with Gasteiger partial charge in [-0.15, -0.1) is 0 Å². The zero-order valence-electron chi connectivity index (χ0n) is 10.2. The third kappa shape index (κ3) is 4.06. The lowest BCUT2D eigenvalue weighted by molar-refractivity contribution is -0.913. The molecule has 1 fully saturated rings. The predicted molar refractivity (Wildman–Crippen MR) is 64.8 cm³/mol. The van der Waals surface area contributed by atoms with Crippen molar-refractivity contribution in [2.75, 3.05) is 26.7 Å². The summed E-state index contributed by atoms with van der Waals surface area (Å²) in [6.07, 6.45) is 5.52. The van der Waals surface area contributed by atoms with E-state index < -0.39 is 0 Å². The van der Waals surface area contributed by atoms with Crippen molar-refractivity contribution in [2.45, 2.75) is 25.7 Å². The molecule has 0 amide bonds. The molecule has 2 rings (SSSR count). The Morgan fingerprint density at radius 1 is 1.00 bits per heavy atom. The molecule has 0 saturated carbocycles. The van der Waals surface area contributed by atoms with E-state index in [4.69, 9.17) is 0 Å². The van der Waals surface area contributed by atoms with Crippen LogP contribution in [0.25, 0.3) is 0 Å². The Hall–Kier alpha value is -0.0900. The number of hydrogen-bond acceptors (Lipinski definition) is 0. The second kappa shape index (κ2) is 6.60. The van der Waals surface area contributed by atoms with Crippen LogP contribution in [0.2, 0.25) is 0 Å². The third-order valence-corrected chi connectivity index (χ3v) is 3.68. The highest BCUT2D eigenvalue weighted by Gasteiger charge is 2.23. The molecule has 0 atom stereocenters. The molecular weight excluding hydrogens is 309 g/mol. The first kappa shape index (κ1) is 14.0. The van der Waals surface area contributed by atoms with Gasteiger partial charge in [-0.25, -0.2) is 0 Å². The van der Waals surface area contributed by atoms with E-state index >= 15 is 0 Å². The lowest BCUT2D eigenvalue weighted by Gasteiger charge is -2.37. The Bertz CT molecular complexity index is 291. The molecule has 1 aromatic rings. The van der Waals surface area contributed by atoms with Crippen molar-refractivity contribution in [3.05, 3.63) is 35.9 Å². The molecule has 1 nitrogen and oxygen atoms in total. The molecule has 0 aliphatic carbocycles. The van der Waals surface area contributed by atoms with E-state index in [2.05, 4.69) is 37.4 Å². The number of nitrogens with zero attached hydrogens (tertiary/aromatic N) is 1. The number of benzene rings is 1. The largest absolute Gasteiger partial charge is 1.00 e. The fraction of sp³-hybridized carbons (Fsp3) is 0.571. The number of quaternary nitrogens is 1. The van der Waals surface area contributed by atoms with Crippen LogP contribution >= 0.6 is 0 Å². The van der Waals surface area contributed by atoms with Crippen molar-refractivity contribution in [1.29, 1.82) is 0 Å². The first-order valence-electron chi connectivity index (χ1n) is 6.16. The molecule has 1 aliphatic heterocycles. The minimum atomic E-state index is 0. The van der Waals surface area contributed by atoms with Crippen molar-refractivity contribution in [3.63, 3.8) is 0 Å². The molecule has 1 saturated heterocycles.